The first-order valence-corrected chi connectivity index (χ1v) is 6.27. The predicted octanol–water partition coefficient (Wildman–Crippen LogP) is 1.45. The molecule has 1 aliphatic rings. The summed E-state index contributed by atoms with van der Waals surface area (Å²) in [5.41, 5.74) is 0. The zero-order chi connectivity index (χ0) is 12.0. The molecule has 0 aromatic rings. The third-order valence-corrected chi connectivity index (χ3v) is 3.29. The van der Waals surface area contributed by atoms with Crippen molar-refractivity contribution in [2.45, 2.75) is 33.1 Å². The summed E-state index contributed by atoms with van der Waals surface area (Å²) in [7, 11) is 0. The van der Waals surface area contributed by atoms with E-state index in [1.54, 1.807) is 0 Å². The summed E-state index contributed by atoms with van der Waals surface area (Å²) < 4.78 is 0. The Kier molecular flexibility index (Phi) is 5.60. The number of urea groups is 1. The molecule has 0 aromatic carbocycles. The van der Waals surface area contributed by atoms with E-state index in [-0.39, 0.29) is 12.6 Å². The molecule has 1 fully saturated rings. The van der Waals surface area contributed by atoms with Crippen LogP contribution in [0.2, 0.25) is 0 Å². The van der Waals surface area contributed by atoms with Crippen LogP contribution in [0, 0.1) is 11.8 Å². The predicted molar refractivity (Wildman–Crippen MR) is 64.2 cm³/mol. The maximum Gasteiger partial charge on any atom is 0.317 e. The van der Waals surface area contributed by atoms with Gasteiger partial charge in [-0.3, -0.25) is 0 Å². The topological polar surface area (TPSA) is 52.6 Å². The standard InChI is InChI=1S/C12H24N2O2/c1-10-3-6-14(7-4-10)12(16)13-9-11(2)5-8-15/h10-11,15H,3-9H2,1-2H3,(H,13,16). The summed E-state index contributed by atoms with van der Waals surface area (Å²) in [4.78, 5) is 13.7. The van der Waals surface area contributed by atoms with Gasteiger partial charge in [0.25, 0.3) is 0 Å². The molecule has 0 saturated carbocycles. The number of carbonyl (C=O) groups is 1. The zero-order valence-electron chi connectivity index (χ0n) is 10.4. The quantitative estimate of drug-likeness (QED) is 0.765. The summed E-state index contributed by atoms with van der Waals surface area (Å²) >= 11 is 0. The first kappa shape index (κ1) is 13.3. The van der Waals surface area contributed by atoms with Gasteiger partial charge in [-0.1, -0.05) is 13.8 Å². The highest BCUT2D eigenvalue weighted by molar-refractivity contribution is 5.74. The Bertz CT molecular complexity index is 213. The molecule has 2 amide bonds. The Hall–Kier alpha value is -0.770. The average Bonchev–Trinajstić information content (AvgIpc) is 2.27. The molecule has 1 saturated heterocycles. The molecular weight excluding hydrogens is 204 g/mol. The molecule has 0 spiro atoms. The fourth-order valence-electron chi connectivity index (χ4n) is 1.91. The number of nitrogens with one attached hydrogen (secondary N) is 1. The van der Waals surface area contributed by atoms with E-state index >= 15 is 0 Å². The minimum atomic E-state index is 0.0525. The summed E-state index contributed by atoms with van der Waals surface area (Å²) in [6.45, 7) is 6.87. The highest BCUT2D eigenvalue weighted by atomic mass is 16.3. The fourth-order valence-corrected chi connectivity index (χ4v) is 1.91. The number of aliphatic hydroxyl groups excluding tert-OH is 1. The number of amides is 2. The van der Waals surface area contributed by atoms with Crippen molar-refractivity contribution in [3.63, 3.8) is 0 Å². The number of hydrogen-bond donors (Lipinski definition) is 2. The Morgan fingerprint density at radius 2 is 2.12 bits per heavy atom. The Morgan fingerprint density at radius 1 is 1.50 bits per heavy atom. The van der Waals surface area contributed by atoms with Crippen molar-refractivity contribution in [3.8, 4) is 0 Å². The molecule has 0 aliphatic carbocycles. The van der Waals surface area contributed by atoms with Crippen LogP contribution in [-0.4, -0.2) is 42.3 Å². The van der Waals surface area contributed by atoms with Crippen LogP contribution in [-0.2, 0) is 0 Å². The van der Waals surface area contributed by atoms with Crippen molar-refractivity contribution in [2.24, 2.45) is 11.8 Å². The smallest absolute Gasteiger partial charge is 0.317 e. The Balaban J connectivity index is 2.19. The third kappa shape index (κ3) is 4.39. The largest absolute Gasteiger partial charge is 0.396 e. The van der Waals surface area contributed by atoms with Gasteiger partial charge in [-0.25, -0.2) is 4.79 Å². The van der Waals surface area contributed by atoms with Gasteiger partial charge in [0.15, 0.2) is 0 Å². The van der Waals surface area contributed by atoms with Gasteiger partial charge in [0.05, 0.1) is 0 Å². The Morgan fingerprint density at radius 3 is 2.69 bits per heavy atom. The molecule has 1 rings (SSSR count). The van der Waals surface area contributed by atoms with Gasteiger partial charge in [-0.15, -0.1) is 0 Å². The Labute approximate surface area is 98.0 Å². The highest BCUT2D eigenvalue weighted by Gasteiger charge is 2.20. The normalized spacial score (nSPS) is 19.6. The molecule has 0 bridgehead atoms. The molecule has 0 radical (unpaired) electrons. The lowest BCUT2D eigenvalue weighted by Crippen LogP contribution is -2.45. The minimum absolute atomic E-state index is 0.0525. The molecular formula is C12H24N2O2. The molecule has 16 heavy (non-hydrogen) atoms. The van der Waals surface area contributed by atoms with Gasteiger partial charge >= 0.3 is 6.03 Å². The van der Waals surface area contributed by atoms with Gasteiger partial charge in [-0.2, -0.15) is 0 Å². The first-order valence-electron chi connectivity index (χ1n) is 6.27. The molecule has 1 heterocycles. The van der Waals surface area contributed by atoms with Crippen LogP contribution in [0.3, 0.4) is 0 Å². The number of carbonyl (C=O) groups excluding carboxylic acids is 1. The van der Waals surface area contributed by atoms with Crippen LogP contribution >= 0.6 is 0 Å². The van der Waals surface area contributed by atoms with Gasteiger partial charge in [-0.05, 0) is 31.1 Å². The lowest BCUT2D eigenvalue weighted by molar-refractivity contribution is 0.171. The molecule has 94 valence electrons. The van der Waals surface area contributed by atoms with Crippen LogP contribution in [0.1, 0.15) is 33.1 Å². The van der Waals surface area contributed by atoms with E-state index in [0.29, 0.717) is 12.5 Å². The number of piperidine rings is 1. The maximum atomic E-state index is 11.8. The molecule has 1 unspecified atom stereocenters. The van der Waals surface area contributed by atoms with Crippen molar-refractivity contribution >= 4 is 6.03 Å². The van der Waals surface area contributed by atoms with Crippen LogP contribution < -0.4 is 5.32 Å². The highest BCUT2D eigenvalue weighted by Crippen LogP contribution is 2.15. The molecule has 0 aromatic heterocycles. The van der Waals surface area contributed by atoms with Crippen LogP contribution in [0.25, 0.3) is 0 Å². The number of rotatable bonds is 4. The van der Waals surface area contributed by atoms with E-state index in [9.17, 15) is 4.79 Å². The summed E-state index contributed by atoms with van der Waals surface area (Å²) in [6, 6.07) is 0.0525. The first-order chi connectivity index (χ1) is 7.63. The molecule has 4 nitrogen and oxygen atoms in total. The summed E-state index contributed by atoms with van der Waals surface area (Å²) in [5, 5.41) is 11.7. The second kappa shape index (κ2) is 6.74. The number of likely N-dealkylation sites (tertiary alicyclic amines) is 1. The van der Waals surface area contributed by atoms with E-state index in [1.165, 1.54) is 0 Å². The van der Waals surface area contributed by atoms with Crippen molar-refractivity contribution in [3.05, 3.63) is 0 Å². The second-order valence-corrected chi connectivity index (χ2v) is 4.97. The van der Waals surface area contributed by atoms with Gasteiger partial charge in [0.2, 0.25) is 0 Å². The maximum absolute atomic E-state index is 11.8. The average molecular weight is 228 g/mol. The van der Waals surface area contributed by atoms with Crippen LogP contribution in [0.4, 0.5) is 4.79 Å². The third-order valence-electron chi connectivity index (χ3n) is 3.29. The molecule has 4 heteroatoms. The van der Waals surface area contributed by atoms with Crippen LogP contribution in [0.15, 0.2) is 0 Å². The zero-order valence-corrected chi connectivity index (χ0v) is 10.4. The van der Waals surface area contributed by atoms with Gasteiger partial charge in [0, 0.05) is 26.2 Å². The minimum Gasteiger partial charge on any atom is -0.396 e. The second-order valence-electron chi connectivity index (χ2n) is 4.97. The summed E-state index contributed by atoms with van der Waals surface area (Å²) in [5.74, 6) is 1.09. The molecule has 1 aliphatic heterocycles. The van der Waals surface area contributed by atoms with Crippen molar-refractivity contribution in [1.29, 1.82) is 0 Å². The number of nitrogens with zero attached hydrogens (tertiary/aromatic N) is 1. The fraction of sp³-hybridized carbons (Fsp3) is 0.917. The van der Waals surface area contributed by atoms with E-state index < -0.39 is 0 Å². The van der Waals surface area contributed by atoms with Crippen molar-refractivity contribution < 1.29 is 9.90 Å². The van der Waals surface area contributed by atoms with E-state index in [2.05, 4.69) is 12.2 Å². The number of hydrogen-bond acceptors (Lipinski definition) is 2. The lowest BCUT2D eigenvalue weighted by atomic mass is 10.00. The van der Waals surface area contributed by atoms with E-state index in [4.69, 9.17) is 5.11 Å². The SMILES string of the molecule is CC1CCN(C(=O)NCC(C)CCO)CC1. The van der Waals surface area contributed by atoms with E-state index in [1.807, 2.05) is 11.8 Å². The van der Waals surface area contributed by atoms with Crippen molar-refractivity contribution in [1.82, 2.24) is 10.2 Å². The van der Waals surface area contributed by atoms with Gasteiger partial charge in [0.1, 0.15) is 0 Å². The number of aliphatic hydroxyl groups is 1. The molecule has 2 N–H and O–H groups in total. The van der Waals surface area contributed by atoms with Crippen molar-refractivity contribution in [2.75, 3.05) is 26.2 Å². The monoisotopic (exact) mass is 228 g/mol. The van der Waals surface area contributed by atoms with Crippen LogP contribution in [0.5, 0.6) is 0 Å². The van der Waals surface area contributed by atoms with E-state index in [0.717, 1.165) is 38.3 Å². The lowest BCUT2D eigenvalue weighted by Gasteiger charge is -2.30. The molecule has 1 atom stereocenters. The summed E-state index contributed by atoms with van der Waals surface area (Å²) in [6.07, 6.45) is 2.97. The van der Waals surface area contributed by atoms with Gasteiger partial charge < -0.3 is 15.3 Å².